The molecule has 3 heteroatoms. The van der Waals surface area contributed by atoms with E-state index in [4.69, 9.17) is 4.74 Å². The third-order valence-corrected chi connectivity index (χ3v) is 2.57. The van der Waals surface area contributed by atoms with Gasteiger partial charge in [0.2, 0.25) is 0 Å². The van der Waals surface area contributed by atoms with Gasteiger partial charge in [-0.2, -0.15) is 0 Å². The maximum absolute atomic E-state index is 11.2. The van der Waals surface area contributed by atoms with Crippen molar-refractivity contribution >= 4 is 5.97 Å². The fourth-order valence-electron chi connectivity index (χ4n) is 1.70. The molecule has 0 amide bonds. The lowest BCUT2D eigenvalue weighted by Crippen LogP contribution is -2.48. The Morgan fingerprint density at radius 3 is 3.09 bits per heavy atom. The number of fused-ring (bicyclic) bond motifs is 1. The summed E-state index contributed by atoms with van der Waals surface area (Å²) in [6.07, 6.45) is 5.29. The van der Waals surface area contributed by atoms with E-state index in [1.54, 1.807) is 6.26 Å². The molecule has 1 aliphatic carbocycles. The van der Waals surface area contributed by atoms with E-state index in [1.807, 2.05) is 6.08 Å². The monoisotopic (exact) mass is 154 g/mol. The third kappa shape index (κ3) is 0.654. The molecule has 1 saturated carbocycles. The van der Waals surface area contributed by atoms with Gasteiger partial charge in [0.25, 0.3) is 0 Å². The molecule has 1 fully saturated rings. The average Bonchev–Trinajstić information content (AvgIpc) is 2.27. The van der Waals surface area contributed by atoms with Gasteiger partial charge in [0, 0.05) is 0 Å². The summed E-state index contributed by atoms with van der Waals surface area (Å²) in [6, 6.07) is 0. The first kappa shape index (κ1) is 6.70. The van der Waals surface area contributed by atoms with Crippen LogP contribution < -0.4 is 0 Å². The van der Waals surface area contributed by atoms with Gasteiger partial charge in [-0.3, -0.25) is 4.79 Å². The molecule has 0 N–H and O–H groups in total. The Kier molecular flexibility index (Phi) is 1.22. The molecule has 0 spiro atoms. The SMILES string of the molecule is COC(=O)C12C=COC1CC2. The van der Waals surface area contributed by atoms with Crippen LogP contribution in [0.1, 0.15) is 12.8 Å². The van der Waals surface area contributed by atoms with Crippen molar-refractivity contribution in [2.24, 2.45) is 5.41 Å². The van der Waals surface area contributed by atoms with Crippen molar-refractivity contribution in [3.05, 3.63) is 12.3 Å². The van der Waals surface area contributed by atoms with Gasteiger partial charge < -0.3 is 9.47 Å². The van der Waals surface area contributed by atoms with Crippen molar-refractivity contribution in [2.75, 3.05) is 7.11 Å². The zero-order valence-electron chi connectivity index (χ0n) is 6.37. The van der Waals surface area contributed by atoms with Crippen LogP contribution in [0.15, 0.2) is 12.3 Å². The van der Waals surface area contributed by atoms with Crippen LogP contribution in [-0.4, -0.2) is 19.2 Å². The van der Waals surface area contributed by atoms with Crippen molar-refractivity contribution in [2.45, 2.75) is 18.9 Å². The van der Waals surface area contributed by atoms with E-state index in [2.05, 4.69) is 4.74 Å². The van der Waals surface area contributed by atoms with Crippen LogP contribution in [0.5, 0.6) is 0 Å². The lowest BCUT2D eigenvalue weighted by Gasteiger charge is -2.39. The molecule has 0 aromatic heterocycles. The molecule has 0 aromatic rings. The van der Waals surface area contributed by atoms with Crippen molar-refractivity contribution < 1.29 is 14.3 Å². The van der Waals surface area contributed by atoms with Crippen molar-refractivity contribution in [3.8, 4) is 0 Å². The molecular weight excluding hydrogens is 144 g/mol. The lowest BCUT2D eigenvalue weighted by molar-refractivity contribution is -0.162. The summed E-state index contributed by atoms with van der Waals surface area (Å²) in [6.45, 7) is 0. The van der Waals surface area contributed by atoms with Crippen molar-refractivity contribution in [1.29, 1.82) is 0 Å². The molecule has 0 saturated heterocycles. The van der Waals surface area contributed by atoms with Gasteiger partial charge in [0.15, 0.2) is 0 Å². The number of hydrogen-bond acceptors (Lipinski definition) is 3. The van der Waals surface area contributed by atoms with Crippen molar-refractivity contribution in [3.63, 3.8) is 0 Å². The zero-order chi connectivity index (χ0) is 7.90. The molecule has 0 radical (unpaired) electrons. The Hall–Kier alpha value is -0.990. The van der Waals surface area contributed by atoms with Gasteiger partial charge in [0.05, 0.1) is 13.4 Å². The Labute approximate surface area is 65.0 Å². The highest BCUT2D eigenvalue weighted by Crippen LogP contribution is 2.48. The van der Waals surface area contributed by atoms with Gasteiger partial charge in [-0.15, -0.1) is 0 Å². The first-order chi connectivity index (χ1) is 5.29. The predicted octanol–water partition coefficient (Wildman–Crippen LogP) is 0.852. The van der Waals surface area contributed by atoms with E-state index in [-0.39, 0.29) is 12.1 Å². The number of hydrogen-bond donors (Lipinski definition) is 0. The first-order valence-electron chi connectivity index (χ1n) is 3.71. The molecule has 11 heavy (non-hydrogen) atoms. The number of esters is 1. The standard InChI is InChI=1S/C8H10O3/c1-10-7(9)8-3-2-6(8)11-5-4-8/h4-6H,2-3H2,1H3. The van der Waals surface area contributed by atoms with Gasteiger partial charge in [-0.1, -0.05) is 0 Å². The van der Waals surface area contributed by atoms with Crippen LogP contribution in [0.25, 0.3) is 0 Å². The summed E-state index contributed by atoms with van der Waals surface area (Å²) in [7, 11) is 1.42. The molecule has 0 aromatic carbocycles. The molecule has 2 rings (SSSR count). The number of carbonyl (C=O) groups excluding carboxylic acids is 1. The summed E-state index contributed by atoms with van der Waals surface area (Å²) in [5, 5.41) is 0. The zero-order valence-corrected chi connectivity index (χ0v) is 6.37. The highest BCUT2D eigenvalue weighted by atomic mass is 16.5. The largest absolute Gasteiger partial charge is 0.497 e. The van der Waals surface area contributed by atoms with E-state index < -0.39 is 5.41 Å². The molecule has 1 heterocycles. The topological polar surface area (TPSA) is 35.5 Å². The van der Waals surface area contributed by atoms with Crippen LogP contribution in [0.4, 0.5) is 0 Å². The summed E-state index contributed by atoms with van der Waals surface area (Å²) in [4.78, 5) is 11.2. The summed E-state index contributed by atoms with van der Waals surface area (Å²) >= 11 is 0. The minimum absolute atomic E-state index is 0.0509. The summed E-state index contributed by atoms with van der Waals surface area (Å²) in [5.41, 5.74) is -0.422. The molecule has 2 unspecified atom stereocenters. The molecule has 60 valence electrons. The Morgan fingerprint density at radius 1 is 1.82 bits per heavy atom. The fourth-order valence-corrected chi connectivity index (χ4v) is 1.70. The van der Waals surface area contributed by atoms with Crippen LogP contribution in [-0.2, 0) is 14.3 Å². The summed E-state index contributed by atoms with van der Waals surface area (Å²) < 4.78 is 9.89. The van der Waals surface area contributed by atoms with Gasteiger partial charge in [-0.25, -0.2) is 0 Å². The number of methoxy groups -OCH3 is 1. The maximum atomic E-state index is 11.2. The van der Waals surface area contributed by atoms with Gasteiger partial charge in [-0.05, 0) is 18.9 Å². The molecule has 3 nitrogen and oxygen atoms in total. The van der Waals surface area contributed by atoms with E-state index >= 15 is 0 Å². The van der Waals surface area contributed by atoms with Crippen molar-refractivity contribution in [1.82, 2.24) is 0 Å². The fraction of sp³-hybridized carbons (Fsp3) is 0.625. The number of ether oxygens (including phenoxy) is 2. The number of carbonyl (C=O) groups is 1. The Balaban J connectivity index is 2.21. The first-order valence-corrected chi connectivity index (χ1v) is 3.71. The second-order valence-corrected chi connectivity index (χ2v) is 3.00. The molecule has 1 aliphatic heterocycles. The van der Waals surface area contributed by atoms with Crippen LogP contribution >= 0.6 is 0 Å². The van der Waals surface area contributed by atoms with Crippen LogP contribution in [0.3, 0.4) is 0 Å². The van der Waals surface area contributed by atoms with Gasteiger partial charge >= 0.3 is 5.97 Å². The predicted molar refractivity (Wildman–Crippen MR) is 37.7 cm³/mol. The number of rotatable bonds is 1. The van der Waals surface area contributed by atoms with E-state index in [1.165, 1.54) is 7.11 Å². The van der Waals surface area contributed by atoms with E-state index in [0.29, 0.717) is 0 Å². The normalized spacial score (nSPS) is 38.8. The highest BCUT2D eigenvalue weighted by molar-refractivity contribution is 5.81. The van der Waals surface area contributed by atoms with E-state index in [9.17, 15) is 4.79 Å². The molecule has 2 aliphatic rings. The minimum atomic E-state index is -0.422. The lowest BCUT2D eigenvalue weighted by atomic mass is 9.67. The average molecular weight is 154 g/mol. The molecular formula is C8H10O3. The highest BCUT2D eigenvalue weighted by Gasteiger charge is 2.56. The second-order valence-electron chi connectivity index (χ2n) is 3.00. The second kappa shape index (κ2) is 2.00. The van der Waals surface area contributed by atoms with Gasteiger partial charge in [0.1, 0.15) is 11.5 Å². The molecule has 0 bridgehead atoms. The Bertz CT molecular complexity index is 221. The molecule has 2 atom stereocenters. The Morgan fingerprint density at radius 2 is 2.64 bits per heavy atom. The quantitative estimate of drug-likeness (QED) is 0.525. The van der Waals surface area contributed by atoms with Crippen LogP contribution in [0, 0.1) is 5.41 Å². The van der Waals surface area contributed by atoms with E-state index in [0.717, 1.165) is 12.8 Å². The summed E-state index contributed by atoms with van der Waals surface area (Å²) in [5.74, 6) is -0.164. The maximum Gasteiger partial charge on any atom is 0.319 e. The van der Waals surface area contributed by atoms with Crippen LogP contribution in [0.2, 0.25) is 0 Å². The minimum Gasteiger partial charge on any atom is -0.497 e. The smallest absolute Gasteiger partial charge is 0.319 e. The third-order valence-electron chi connectivity index (χ3n) is 2.57.